The van der Waals surface area contributed by atoms with Gasteiger partial charge in [0.1, 0.15) is 6.29 Å². The van der Waals surface area contributed by atoms with Crippen molar-refractivity contribution >= 4 is 35.2 Å². The Morgan fingerprint density at radius 2 is 2.03 bits per heavy atom. The Hall–Kier alpha value is -2.57. The predicted octanol–water partition coefficient (Wildman–Crippen LogP) is 3.19. The summed E-state index contributed by atoms with van der Waals surface area (Å²) in [5.41, 5.74) is 9.29. The Balaban J connectivity index is 1.76. The second-order valence-electron chi connectivity index (χ2n) is 7.91. The van der Waals surface area contributed by atoms with Gasteiger partial charge in [-0.3, -0.25) is 9.59 Å². The summed E-state index contributed by atoms with van der Waals surface area (Å²) in [4.78, 5) is 25.9. The molecular formula is C22H24ClN3O3. The Morgan fingerprint density at radius 1 is 1.28 bits per heavy atom. The first-order chi connectivity index (χ1) is 13.9. The molecule has 7 heteroatoms. The minimum atomic E-state index is -0.874. The molecular weight excluding hydrogens is 390 g/mol. The number of fused-ring (bicyclic) bond motifs is 1. The van der Waals surface area contributed by atoms with Crippen molar-refractivity contribution in [1.82, 2.24) is 0 Å². The molecule has 3 N–H and O–H groups in total. The average Bonchev–Trinajstić information content (AvgIpc) is 2.72. The van der Waals surface area contributed by atoms with E-state index in [1.807, 2.05) is 31.2 Å². The van der Waals surface area contributed by atoms with Crippen LogP contribution in [0.5, 0.6) is 0 Å². The molecule has 0 bridgehead atoms. The molecule has 2 unspecified atom stereocenters. The SMILES string of the molecule is CC1(C(N)=O)Cc2cc(C=O)ccc2NC1c1cc(Cl)cc(N2CCOCC2)c1. The molecule has 4 rings (SSSR count). The molecule has 1 saturated heterocycles. The molecule has 1 fully saturated rings. The minimum absolute atomic E-state index is 0.340. The fraction of sp³-hybridized carbons (Fsp3) is 0.364. The minimum Gasteiger partial charge on any atom is -0.378 e. The zero-order valence-electron chi connectivity index (χ0n) is 16.3. The highest BCUT2D eigenvalue weighted by molar-refractivity contribution is 6.31. The number of rotatable bonds is 4. The van der Waals surface area contributed by atoms with Gasteiger partial charge in [0.25, 0.3) is 0 Å². The van der Waals surface area contributed by atoms with Crippen molar-refractivity contribution in [3.05, 3.63) is 58.1 Å². The van der Waals surface area contributed by atoms with Crippen LogP contribution < -0.4 is 16.0 Å². The van der Waals surface area contributed by atoms with Crippen LogP contribution in [0.4, 0.5) is 11.4 Å². The summed E-state index contributed by atoms with van der Waals surface area (Å²) < 4.78 is 5.45. The largest absolute Gasteiger partial charge is 0.378 e. The highest BCUT2D eigenvalue weighted by atomic mass is 35.5. The summed E-state index contributed by atoms with van der Waals surface area (Å²) >= 11 is 6.46. The number of carbonyl (C=O) groups excluding carboxylic acids is 2. The quantitative estimate of drug-likeness (QED) is 0.752. The Labute approximate surface area is 175 Å². The zero-order valence-corrected chi connectivity index (χ0v) is 17.0. The molecule has 2 atom stereocenters. The van der Waals surface area contributed by atoms with Gasteiger partial charge >= 0.3 is 0 Å². The lowest BCUT2D eigenvalue weighted by molar-refractivity contribution is -0.127. The Morgan fingerprint density at radius 3 is 2.72 bits per heavy atom. The lowest BCUT2D eigenvalue weighted by Gasteiger charge is -2.42. The lowest BCUT2D eigenvalue weighted by atomic mass is 9.70. The molecule has 0 radical (unpaired) electrons. The molecule has 2 aromatic rings. The third-order valence-corrected chi connectivity index (χ3v) is 6.16. The second-order valence-corrected chi connectivity index (χ2v) is 8.35. The van der Waals surface area contributed by atoms with Crippen LogP contribution in [0, 0.1) is 5.41 Å². The average molecular weight is 414 g/mol. The van der Waals surface area contributed by atoms with Crippen LogP contribution in [0.3, 0.4) is 0 Å². The molecule has 6 nitrogen and oxygen atoms in total. The number of hydrogen-bond donors (Lipinski definition) is 2. The topological polar surface area (TPSA) is 84.7 Å². The van der Waals surface area contributed by atoms with E-state index in [0.29, 0.717) is 30.2 Å². The van der Waals surface area contributed by atoms with Gasteiger partial charge in [0.05, 0.1) is 24.7 Å². The maximum atomic E-state index is 12.5. The highest BCUT2D eigenvalue weighted by Crippen LogP contribution is 2.46. The van der Waals surface area contributed by atoms with Crippen molar-refractivity contribution < 1.29 is 14.3 Å². The van der Waals surface area contributed by atoms with Crippen molar-refractivity contribution in [2.45, 2.75) is 19.4 Å². The molecule has 0 saturated carbocycles. The fourth-order valence-corrected chi connectivity index (χ4v) is 4.47. The first-order valence-electron chi connectivity index (χ1n) is 9.68. The molecule has 0 aliphatic carbocycles. The van der Waals surface area contributed by atoms with E-state index in [-0.39, 0.29) is 6.04 Å². The number of anilines is 2. The Kier molecular flexibility index (Phi) is 5.23. The van der Waals surface area contributed by atoms with E-state index in [2.05, 4.69) is 16.3 Å². The van der Waals surface area contributed by atoms with E-state index in [0.717, 1.165) is 41.9 Å². The summed E-state index contributed by atoms with van der Waals surface area (Å²) in [5, 5.41) is 4.09. The number of primary amides is 1. The standard InChI is InChI=1S/C22H24ClN3O3/c1-22(21(24)28)12-16-8-14(13-27)2-3-19(16)25-20(22)15-9-17(23)11-18(10-15)26-4-6-29-7-5-26/h2-3,8-11,13,20,25H,4-7,12H2,1H3,(H2,24,28). The van der Waals surface area contributed by atoms with Gasteiger partial charge in [0, 0.05) is 35.1 Å². The number of amides is 1. The normalized spacial score (nSPS) is 23.8. The zero-order chi connectivity index (χ0) is 20.6. The van der Waals surface area contributed by atoms with Crippen molar-refractivity contribution in [2.75, 3.05) is 36.5 Å². The predicted molar refractivity (Wildman–Crippen MR) is 114 cm³/mol. The Bertz CT molecular complexity index is 958. The van der Waals surface area contributed by atoms with Gasteiger partial charge in [0.15, 0.2) is 0 Å². The number of nitrogens with one attached hydrogen (secondary N) is 1. The maximum absolute atomic E-state index is 12.5. The summed E-state index contributed by atoms with van der Waals surface area (Å²) in [7, 11) is 0. The number of nitrogens with two attached hydrogens (primary N) is 1. The number of nitrogens with zero attached hydrogens (tertiary/aromatic N) is 1. The number of benzene rings is 2. The van der Waals surface area contributed by atoms with E-state index in [4.69, 9.17) is 22.1 Å². The van der Waals surface area contributed by atoms with Gasteiger partial charge < -0.3 is 20.7 Å². The van der Waals surface area contributed by atoms with Crippen molar-refractivity contribution in [2.24, 2.45) is 11.1 Å². The van der Waals surface area contributed by atoms with Gasteiger partial charge in [0.2, 0.25) is 5.91 Å². The molecule has 2 heterocycles. The van der Waals surface area contributed by atoms with Crippen LogP contribution in [0.15, 0.2) is 36.4 Å². The van der Waals surface area contributed by atoms with E-state index < -0.39 is 11.3 Å². The molecule has 29 heavy (non-hydrogen) atoms. The van der Waals surface area contributed by atoms with E-state index >= 15 is 0 Å². The first-order valence-corrected chi connectivity index (χ1v) is 10.1. The molecule has 2 aliphatic rings. The monoisotopic (exact) mass is 413 g/mol. The van der Waals surface area contributed by atoms with Crippen LogP contribution in [0.2, 0.25) is 5.02 Å². The molecule has 1 amide bonds. The van der Waals surface area contributed by atoms with Gasteiger partial charge in [-0.05, 0) is 60.9 Å². The number of carbonyl (C=O) groups is 2. The van der Waals surface area contributed by atoms with Crippen LogP contribution >= 0.6 is 11.6 Å². The third-order valence-electron chi connectivity index (χ3n) is 5.94. The highest BCUT2D eigenvalue weighted by Gasteiger charge is 2.44. The van der Waals surface area contributed by atoms with Crippen molar-refractivity contribution in [3.8, 4) is 0 Å². The van der Waals surface area contributed by atoms with Crippen LogP contribution in [0.25, 0.3) is 0 Å². The van der Waals surface area contributed by atoms with Crippen molar-refractivity contribution in [1.29, 1.82) is 0 Å². The number of aldehydes is 1. The molecule has 0 aromatic heterocycles. The summed E-state index contributed by atoms with van der Waals surface area (Å²) in [6.45, 7) is 4.80. The lowest BCUT2D eigenvalue weighted by Crippen LogP contribution is -2.47. The summed E-state index contributed by atoms with van der Waals surface area (Å²) in [6.07, 6.45) is 1.25. The van der Waals surface area contributed by atoms with E-state index in [1.54, 1.807) is 6.07 Å². The van der Waals surface area contributed by atoms with E-state index in [1.165, 1.54) is 0 Å². The van der Waals surface area contributed by atoms with Gasteiger partial charge in [-0.15, -0.1) is 0 Å². The number of halogens is 1. The summed E-state index contributed by atoms with van der Waals surface area (Å²) in [5.74, 6) is -0.398. The first kappa shape index (κ1) is 19.7. The smallest absolute Gasteiger partial charge is 0.226 e. The van der Waals surface area contributed by atoms with Gasteiger partial charge in [-0.25, -0.2) is 0 Å². The van der Waals surface area contributed by atoms with Gasteiger partial charge in [-0.1, -0.05) is 11.6 Å². The number of ether oxygens (including phenoxy) is 1. The van der Waals surface area contributed by atoms with Crippen LogP contribution in [-0.2, 0) is 16.0 Å². The molecule has 152 valence electrons. The maximum Gasteiger partial charge on any atom is 0.226 e. The summed E-state index contributed by atoms with van der Waals surface area (Å²) in [6, 6.07) is 11.0. The third kappa shape index (κ3) is 3.70. The number of morpholine rings is 1. The molecule has 0 spiro atoms. The van der Waals surface area contributed by atoms with Crippen molar-refractivity contribution in [3.63, 3.8) is 0 Å². The molecule has 2 aromatic carbocycles. The van der Waals surface area contributed by atoms with Crippen LogP contribution in [-0.4, -0.2) is 38.5 Å². The van der Waals surface area contributed by atoms with Gasteiger partial charge in [-0.2, -0.15) is 0 Å². The number of hydrogen-bond acceptors (Lipinski definition) is 5. The van der Waals surface area contributed by atoms with E-state index in [9.17, 15) is 9.59 Å². The second kappa shape index (κ2) is 7.69. The van der Waals surface area contributed by atoms with Crippen LogP contribution in [0.1, 0.15) is 34.5 Å². The molecule has 2 aliphatic heterocycles. The fourth-order valence-electron chi connectivity index (χ4n) is 4.23.